The van der Waals surface area contributed by atoms with E-state index < -0.39 is 11.5 Å². The standard InChI is InChI=1S/C19H23N5O4/c1-19(2,14-8-4-3-5-9-14)24-15(20-21-22-24)10-6-7-11-18(27)28-23-16(25)12-13-17(23)26/h3-5,8-9,12-13,25-26H,6-7,10-11H2,1-2H3. The minimum atomic E-state index is -0.550. The molecule has 148 valence electrons. The van der Waals surface area contributed by atoms with Crippen molar-refractivity contribution in [3.05, 3.63) is 53.9 Å². The van der Waals surface area contributed by atoms with E-state index in [1.807, 2.05) is 30.3 Å². The predicted octanol–water partition coefficient (Wildman–Crippen LogP) is 2.04. The summed E-state index contributed by atoms with van der Waals surface area (Å²) in [6, 6.07) is 12.5. The van der Waals surface area contributed by atoms with Crippen molar-refractivity contribution in [3.8, 4) is 11.8 Å². The number of hydrogen-bond acceptors (Lipinski definition) is 7. The highest BCUT2D eigenvalue weighted by atomic mass is 16.7. The Labute approximate surface area is 162 Å². The van der Waals surface area contributed by atoms with Gasteiger partial charge in [0.2, 0.25) is 11.8 Å². The Morgan fingerprint density at radius 2 is 1.75 bits per heavy atom. The maximum atomic E-state index is 11.9. The predicted molar refractivity (Wildman–Crippen MR) is 99.6 cm³/mol. The van der Waals surface area contributed by atoms with Crippen LogP contribution in [0.15, 0.2) is 42.5 Å². The Hall–Kier alpha value is -3.36. The molecule has 0 unspecified atom stereocenters. The van der Waals surface area contributed by atoms with Crippen LogP contribution in [-0.2, 0) is 16.8 Å². The number of unbranched alkanes of at least 4 members (excludes halogenated alkanes) is 1. The second kappa shape index (κ2) is 8.12. The van der Waals surface area contributed by atoms with Crippen LogP contribution >= 0.6 is 0 Å². The Morgan fingerprint density at radius 1 is 1.07 bits per heavy atom. The Morgan fingerprint density at radius 3 is 2.43 bits per heavy atom. The molecule has 3 aromatic rings. The molecule has 0 atom stereocenters. The number of nitrogens with zero attached hydrogens (tertiary/aromatic N) is 5. The van der Waals surface area contributed by atoms with Gasteiger partial charge < -0.3 is 15.1 Å². The highest BCUT2D eigenvalue weighted by molar-refractivity contribution is 5.69. The summed E-state index contributed by atoms with van der Waals surface area (Å²) in [5, 5.41) is 31.0. The first-order valence-corrected chi connectivity index (χ1v) is 9.03. The second-order valence-electron chi connectivity index (χ2n) is 6.95. The Kier molecular flexibility index (Phi) is 5.62. The quantitative estimate of drug-likeness (QED) is 0.570. The topological polar surface area (TPSA) is 115 Å². The lowest BCUT2D eigenvalue weighted by molar-refractivity contribution is -0.145. The first kappa shape index (κ1) is 19.4. The number of aromatic nitrogens is 5. The molecule has 0 spiro atoms. The van der Waals surface area contributed by atoms with Gasteiger partial charge in [-0.15, -0.1) is 9.83 Å². The van der Waals surface area contributed by atoms with E-state index >= 15 is 0 Å². The van der Waals surface area contributed by atoms with Crippen LogP contribution in [-0.4, -0.2) is 41.1 Å². The molecular formula is C19H23N5O4. The fourth-order valence-corrected chi connectivity index (χ4v) is 2.96. The molecule has 2 N–H and O–H groups in total. The first-order valence-electron chi connectivity index (χ1n) is 9.03. The fraction of sp³-hybridized carbons (Fsp3) is 0.368. The summed E-state index contributed by atoms with van der Waals surface area (Å²) in [6.07, 6.45) is 1.99. The molecule has 0 aliphatic rings. The van der Waals surface area contributed by atoms with E-state index in [9.17, 15) is 15.0 Å². The van der Waals surface area contributed by atoms with Gasteiger partial charge >= 0.3 is 5.97 Å². The summed E-state index contributed by atoms with van der Waals surface area (Å²) in [6.45, 7) is 4.10. The highest BCUT2D eigenvalue weighted by Crippen LogP contribution is 2.25. The van der Waals surface area contributed by atoms with Gasteiger partial charge in [-0.25, -0.2) is 9.48 Å². The minimum absolute atomic E-state index is 0.140. The lowest BCUT2D eigenvalue weighted by Gasteiger charge is -2.26. The highest BCUT2D eigenvalue weighted by Gasteiger charge is 2.27. The number of hydrogen-bond donors (Lipinski definition) is 2. The summed E-state index contributed by atoms with van der Waals surface area (Å²) in [4.78, 5) is 16.8. The summed E-state index contributed by atoms with van der Waals surface area (Å²) in [5.74, 6) is -0.490. The van der Waals surface area contributed by atoms with Crippen molar-refractivity contribution in [2.45, 2.75) is 45.1 Å². The van der Waals surface area contributed by atoms with Crippen LogP contribution in [0.4, 0.5) is 0 Å². The Balaban J connectivity index is 1.54. The Bertz CT molecular complexity index is 913. The number of tetrazole rings is 1. The van der Waals surface area contributed by atoms with E-state index in [0.29, 0.717) is 24.0 Å². The number of carbonyl (C=O) groups is 1. The van der Waals surface area contributed by atoms with Gasteiger partial charge in [-0.1, -0.05) is 30.3 Å². The van der Waals surface area contributed by atoms with E-state index in [0.717, 1.165) is 11.4 Å². The molecule has 1 aromatic carbocycles. The van der Waals surface area contributed by atoms with E-state index in [4.69, 9.17) is 4.84 Å². The number of aromatic hydroxyl groups is 2. The van der Waals surface area contributed by atoms with Crippen molar-refractivity contribution in [1.29, 1.82) is 0 Å². The molecule has 9 nitrogen and oxygen atoms in total. The van der Waals surface area contributed by atoms with Crippen LogP contribution < -0.4 is 4.84 Å². The van der Waals surface area contributed by atoms with Crippen LogP contribution in [0.3, 0.4) is 0 Å². The molecule has 0 saturated heterocycles. The van der Waals surface area contributed by atoms with Crippen molar-refractivity contribution in [2.24, 2.45) is 0 Å². The third-order valence-corrected chi connectivity index (χ3v) is 4.57. The number of benzene rings is 1. The van der Waals surface area contributed by atoms with Gasteiger partial charge in [0.25, 0.3) is 0 Å². The lowest BCUT2D eigenvalue weighted by Crippen LogP contribution is -2.30. The van der Waals surface area contributed by atoms with Gasteiger partial charge in [0.05, 0.1) is 5.54 Å². The summed E-state index contributed by atoms with van der Waals surface area (Å²) in [7, 11) is 0. The van der Waals surface area contributed by atoms with Gasteiger partial charge in [-0.2, -0.15) is 0 Å². The van der Waals surface area contributed by atoms with Gasteiger partial charge in [-0.05, 0) is 42.7 Å². The van der Waals surface area contributed by atoms with E-state index in [-0.39, 0.29) is 18.2 Å². The molecular weight excluding hydrogens is 362 g/mol. The molecule has 0 bridgehead atoms. The first-order chi connectivity index (χ1) is 13.4. The molecule has 0 aliphatic heterocycles. The van der Waals surface area contributed by atoms with Crippen molar-refractivity contribution in [2.75, 3.05) is 0 Å². The van der Waals surface area contributed by atoms with Crippen molar-refractivity contribution >= 4 is 5.97 Å². The summed E-state index contributed by atoms with van der Waals surface area (Å²) < 4.78 is 2.49. The molecule has 0 aliphatic carbocycles. The smallest absolute Gasteiger partial charge is 0.333 e. The zero-order valence-electron chi connectivity index (χ0n) is 15.8. The van der Waals surface area contributed by atoms with Crippen molar-refractivity contribution in [1.82, 2.24) is 24.9 Å². The number of carbonyl (C=O) groups excluding carboxylic acids is 1. The van der Waals surface area contributed by atoms with Gasteiger partial charge in [0.1, 0.15) is 0 Å². The monoisotopic (exact) mass is 385 g/mol. The van der Waals surface area contributed by atoms with Crippen LogP contribution in [0.25, 0.3) is 0 Å². The molecule has 2 aromatic heterocycles. The molecule has 0 amide bonds. The second-order valence-corrected chi connectivity index (χ2v) is 6.95. The van der Waals surface area contributed by atoms with Gasteiger partial charge in [0, 0.05) is 25.0 Å². The zero-order chi connectivity index (χ0) is 20.1. The maximum absolute atomic E-state index is 11.9. The molecule has 3 rings (SSSR count). The normalized spacial score (nSPS) is 11.5. The zero-order valence-corrected chi connectivity index (χ0v) is 15.8. The van der Waals surface area contributed by atoms with Crippen molar-refractivity contribution < 1.29 is 19.8 Å². The summed E-state index contributed by atoms with van der Waals surface area (Å²) >= 11 is 0. The minimum Gasteiger partial charge on any atom is -0.492 e. The lowest BCUT2D eigenvalue weighted by atomic mass is 9.94. The van der Waals surface area contributed by atoms with E-state index in [1.165, 1.54) is 12.1 Å². The average Bonchev–Trinajstić information content (AvgIpc) is 3.28. The molecule has 2 heterocycles. The van der Waals surface area contributed by atoms with Gasteiger partial charge in [-0.3, -0.25) is 0 Å². The third-order valence-electron chi connectivity index (χ3n) is 4.57. The molecule has 28 heavy (non-hydrogen) atoms. The van der Waals surface area contributed by atoms with Crippen molar-refractivity contribution in [3.63, 3.8) is 0 Å². The van der Waals surface area contributed by atoms with Crippen LogP contribution in [0.1, 0.15) is 44.5 Å². The number of rotatable bonds is 8. The summed E-state index contributed by atoms with van der Waals surface area (Å²) in [5.41, 5.74) is 0.696. The molecule has 0 saturated carbocycles. The van der Waals surface area contributed by atoms with Crippen LogP contribution in [0.2, 0.25) is 0 Å². The van der Waals surface area contributed by atoms with E-state index in [1.54, 1.807) is 4.68 Å². The largest absolute Gasteiger partial charge is 0.492 e. The SMILES string of the molecule is CC(C)(c1ccccc1)n1nnnc1CCCCC(=O)On1c(O)ccc1O. The van der Waals surface area contributed by atoms with E-state index in [2.05, 4.69) is 29.4 Å². The van der Waals surface area contributed by atoms with Gasteiger partial charge in [0.15, 0.2) is 5.82 Å². The molecule has 9 heteroatoms. The van der Waals surface area contributed by atoms with Crippen LogP contribution in [0.5, 0.6) is 11.8 Å². The fourth-order valence-electron chi connectivity index (χ4n) is 2.96. The van der Waals surface area contributed by atoms with Crippen LogP contribution in [0, 0.1) is 0 Å². The maximum Gasteiger partial charge on any atom is 0.333 e. The number of aryl methyl sites for hydroxylation is 1. The third kappa shape index (κ3) is 4.13. The average molecular weight is 385 g/mol. The molecule has 0 radical (unpaired) electrons. The molecule has 0 fully saturated rings.